The molecular formula is C57H111NO4. The van der Waals surface area contributed by atoms with Gasteiger partial charge in [-0.2, -0.15) is 0 Å². The maximum absolute atomic E-state index is 12.6. The van der Waals surface area contributed by atoms with Gasteiger partial charge in [0.1, 0.15) is 6.10 Å². The van der Waals surface area contributed by atoms with Crippen molar-refractivity contribution in [2.45, 2.75) is 327 Å². The predicted molar refractivity (Wildman–Crippen MR) is 273 cm³/mol. The zero-order valence-electron chi connectivity index (χ0n) is 42.0. The number of amides is 1. The van der Waals surface area contributed by atoms with Gasteiger partial charge in [-0.1, -0.05) is 289 Å². The van der Waals surface area contributed by atoms with Crippen molar-refractivity contribution in [2.75, 3.05) is 6.61 Å². The van der Waals surface area contributed by atoms with E-state index in [4.69, 9.17) is 0 Å². The van der Waals surface area contributed by atoms with Gasteiger partial charge in [-0.25, -0.2) is 0 Å². The highest BCUT2D eigenvalue weighted by Gasteiger charge is 2.22. The van der Waals surface area contributed by atoms with Crippen molar-refractivity contribution >= 4 is 5.91 Å². The molecule has 0 aliphatic heterocycles. The lowest BCUT2D eigenvalue weighted by atomic mass is 10.0. The van der Waals surface area contributed by atoms with E-state index in [2.05, 4.69) is 31.3 Å². The molecule has 5 heteroatoms. The fourth-order valence-electron chi connectivity index (χ4n) is 8.89. The maximum atomic E-state index is 12.6. The molecule has 1 amide bonds. The molecule has 0 fully saturated rings. The second-order valence-corrected chi connectivity index (χ2v) is 19.5. The van der Waals surface area contributed by atoms with Crippen LogP contribution in [0.3, 0.4) is 0 Å². The molecule has 0 bridgehead atoms. The molecule has 0 saturated heterocycles. The number of hydrogen-bond donors (Lipinski definition) is 4. The molecule has 0 rings (SSSR count). The monoisotopic (exact) mass is 874 g/mol. The van der Waals surface area contributed by atoms with Crippen LogP contribution in [0.4, 0.5) is 0 Å². The molecule has 4 N–H and O–H groups in total. The molecule has 0 aromatic carbocycles. The smallest absolute Gasteiger partial charge is 0.249 e. The third-order valence-corrected chi connectivity index (χ3v) is 13.3. The summed E-state index contributed by atoms with van der Waals surface area (Å²) in [5, 5.41) is 33.4. The van der Waals surface area contributed by atoms with E-state index >= 15 is 0 Å². The average molecular weight is 875 g/mol. The molecule has 0 spiro atoms. The number of rotatable bonds is 52. The Balaban J connectivity index is 3.57. The number of hydrogen-bond acceptors (Lipinski definition) is 4. The Morgan fingerprint density at radius 2 is 0.645 bits per heavy atom. The van der Waals surface area contributed by atoms with E-state index in [9.17, 15) is 20.1 Å². The average Bonchev–Trinajstić information content (AvgIpc) is 3.28. The molecule has 0 aromatic heterocycles. The van der Waals surface area contributed by atoms with E-state index < -0.39 is 24.2 Å². The Hall–Kier alpha value is -1.17. The minimum Gasteiger partial charge on any atom is -0.394 e. The molecule has 0 aliphatic carbocycles. The van der Waals surface area contributed by atoms with E-state index in [0.29, 0.717) is 6.42 Å². The fourth-order valence-corrected chi connectivity index (χ4v) is 8.89. The van der Waals surface area contributed by atoms with E-state index in [1.807, 2.05) is 6.08 Å². The summed E-state index contributed by atoms with van der Waals surface area (Å²) in [7, 11) is 0. The van der Waals surface area contributed by atoms with Crippen molar-refractivity contribution in [3.05, 3.63) is 24.3 Å². The summed E-state index contributed by atoms with van der Waals surface area (Å²) in [5.74, 6) is -0.499. The number of nitrogens with one attached hydrogen (secondary N) is 1. The van der Waals surface area contributed by atoms with Crippen molar-refractivity contribution in [1.82, 2.24) is 5.32 Å². The Morgan fingerprint density at radius 1 is 0.387 bits per heavy atom. The Bertz CT molecular complexity index is 920. The molecule has 3 atom stereocenters. The van der Waals surface area contributed by atoms with Crippen LogP contribution in [0.5, 0.6) is 0 Å². The quantitative estimate of drug-likeness (QED) is 0.0362. The van der Waals surface area contributed by atoms with Crippen LogP contribution in [0.25, 0.3) is 0 Å². The second kappa shape index (κ2) is 52.5. The van der Waals surface area contributed by atoms with Crippen molar-refractivity contribution in [3.8, 4) is 0 Å². The summed E-state index contributed by atoms with van der Waals surface area (Å²) < 4.78 is 0. The van der Waals surface area contributed by atoms with E-state index in [0.717, 1.165) is 32.1 Å². The topological polar surface area (TPSA) is 89.8 Å². The summed E-state index contributed by atoms with van der Waals surface area (Å²) >= 11 is 0. The van der Waals surface area contributed by atoms with Crippen LogP contribution in [0.1, 0.15) is 309 Å². The molecule has 0 radical (unpaired) electrons. The zero-order valence-corrected chi connectivity index (χ0v) is 42.0. The van der Waals surface area contributed by atoms with Gasteiger partial charge in [-0.05, 0) is 44.9 Å². The lowest BCUT2D eigenvalue weighted by Crippen LogP contribution is -2.48. The van der Waals surface area contributed by atoms with Crippen molar-refractivity contribution < 1.29 is 20.1 Å². The standard InChI is InChI=1S/C57H111NO4/c1-3-5-7-9-11-13-15-17-19-21-23-25-27-28-29-30-32-34-36-38-40-42-44-46-48-50-52-56(61)57(62)58-54(53-59)55(60)51-49-47-45-43-41-39-37-35-33-31-26-24-22-20-18-16-14-12-10-8-6-4-2/h28-29,49,51,54-56,59-61H,3-27,30-48,50,52-53H2,1-2H3,(H,58,62)/b29-28-,51-49+. The van der Waals surface area contributed by atoms with Gasteiger partial charge in [0.25, 0.3) is 0 Å². The van der Waals surface area contributed by atoms with Crippen LogP contribution in [0.2, 0.25) is 0 Å². The highest BCUT2D eigenvalue weighted by atomic mass is 16.3. The van der Waals surface area contributed by atoms with Gasteiger partial charge in [-0.15, -0.1) is 0 Å². The highest BCUT2D eigenvalue weighted by molar-refractivity contribution is 5.80. The summed E-state index contributed by atoms with van der Waals surface area (Å²) in [4.78, 5) is 12.6. The van der Waals surface area contributed by atoms with Crippen LogP contribution in [-0.4, -0.2) is 46.1 Å². The van der Waals surface area contributed by atoms with E-state index in [1.165, 1.54) is 257 Å². The molecular weight excluding hydrogens is 763 g/mol. The first-order valence-electron chi connectivity index (χ1n) is 28.2. The lowest BCUT2D eigenvalue weighted by Gasteiger charge is -2.21. The summed E-state index contributed by atoms with van der Waals surface area (Å²) in [6.45, 7) is 4.22. The molecule has 0 saturated carbocycles. The molecule has 3 unspecified atom stereocenters. The van der Waals surface area contributed by atoms with Gasteiger partial charge in [0, 0.05) is 0 Å². The van der Waals surface area contributed by atoms with Gasteiger partial charge in [-0.3, -0.25) is 4.79 Å². The highest BCUT2D eigenvalue weighted by Crippen LogP contribution is 2.17. The Morgan fingerprint density at radius 3 is 0.935 bits per heavy atom. The number of carbonyl (C=O) groups excluding carboxylic acids is 1. The number of carbonyl (C=O) groups is 1. The third-order valence-electron chi connectivity index (χ3n) is 13.3. The van der Waals surface area contributed by atoms with Gasteiger partial charge < -0.3 is 20.6 Å². The van der Waals surface area contributed by atoms with Crippen molar-refractivity contribution in [1.29, 1.82) is 0 Å². The third kappa shape index (κ3) is 46.8. The summed E-state index contributed by atoms with van der Waals surface area (Å²) in [5.41, 5.74) is 0. The van der Waals surface area contributed by atoms with Crippen LogP contribution in [0, 0.1) is 0 Å². The van der Waals surface area contributed by atoms with Gasteiger partial charge in [0.2, 0.25) is 5.91 Å². The number of aliphatic hydroxyl groups excluding tert-OH is 3. The Labute approximate surface area is 388 Å². The second-order valence-electron chi connectivity index (χ2n) is 19.5. The Kier molecular flexibility index (Phi) is 51.5. The van der Waals surface area contributed by atoms with Gasteiger partial charge >= 0.3 is 0 Å². The lowest BCUT2D eigenvalue weighted by molar-refractivity contribution is -0.131. The van der Waals surface area contributed by atoms with Crippen LogP contribution in [0.15, 0.2) is 24.3 Å². The number of allylic oxidation sites excluding steroid dienone is 3. The first-order valence-corrected chi connectivity index (χ1v) is 28.2. The molecule has 0 aromatic rings. The maximum Gasteiger partial charge on any atom is 0.249 e. The fraction of sp³-hybridized carbons (Fsp3) is 0.912. The zero-order chi connectivity index (χ0) is 45.1. The van der Waals surface area contributed by atoms with Crippen molar-refractivity contribution in [3.63, 3.8) is 0 Å². The predicted octanol–water partition coefficient (Wildman–Crippen LogP) is 17.3. The molecule has 62 heavy (non-hydrogen) atoms. The minimum atomic E-state index is -1.10. The summed E-state index contributed by atoms with van der Waals surface area (Å²) in [6, 6.07) is -0.798. The molecule has 368 valence electrons. The van der Waals surface area contributed by atoms with Crippen LogP contribution >= 0.6 is 0 Å². The minimum absolute atomic E-state index is 0.361. The molecule has 0 heterocycles. The molecule has 5 nitrogen and oxygen atoms in total. The molecule has 0 aliphatic rings. The van der Waals surface area contributed by atoms with Crippen LogP contribution < -0.4 is 5.32 Å². The van der Waals surface area contributed by atoms with E-state index in [1.54, 1.807) is 6.08 Å². The van der Waals surface area contributed by atoms with Crippen LogP contribution in [-0.2, 0) is 4.79 Å². The normalized spacial score (nSPS) is 13.4. The SMILES string of the molecule is CCCCCCCCCCCCCC/C=C\CCCCCCCCCCCCC(O)C(=O)NC(CO)C(O)/C=C/CCCCCCCCCCCCCCCCCCCCCC. The summed E-state index contributed by atoms with van der Waals surface area (Å²) in [6.07, 6.45) is 66.8. The van der Waals surface area contributed by atoms with Crippen molar-refractivity contribution in [2.24, 2.45) is 0 Å². The van der Waals surface area contributed by atoms with E-state index in [-0.39, 0.29) is 6.61 Å². The van der Waals surface area contributed by atoms with Gasteiger partial charge in [0.15, 0.2) is 0 Å². The van der Waals surface area contributed by atoms with Gasteiger partial charge in [0.05, 0.1) is 18.8 Å². The number of unbranched alkanes of at least 4 members (excludes halogenated alkanes) is 42. The first kappa shape index (κ1) is 60.8. The number of aliphatic hydroxyl groups is 3. The largest absolute Gasteiger partial charge is 0.394 e. The first-order chi connectivity index (χ1) is 30.6.